The third-order valence-electron chi connectivity index (χ3n) is 6.36. The second kappa shape index (κ2) is 9.56. The molecule has 0 bridgehead atoms. The van der Waals surface area contributed by atoms with E-state index < -0.39 is 0 Å². The maximum atomic E-state index is 6.17. The van der Waals surface area contributed by atoms with E-state index >= 15 is 0 Å². The number of imidazole rings is 1. The van der Waals surface area contributed by atoms with Crippen molar-refractivity contribution >= 4 is 22.9 Å². The molecule has 5 rings (SSSR count). The van der Waals surface area contributed by atoms with Crippen LogP contribution in [0, 0.1) is 0 Å². The van der Waals surface area contributed by atoms with Crippen molar-refractivity contribution in [1.29, 1.82) is 0 Å². The number of nitrogens with zero attached hydrogens (tertiary/aromatic N) is 4. The fourth-order valence-electron chi connectivity index (χ4n) is 4.48. The Bertz CT molecular complexity index is 1220. The highest BCUT2D eigenvalue weighted by Crippen LogP contribution is 2.30. The lowest BCUT2D eigenvalue weighted by Crippen LogP contribution is -2.28. The van der Waals surface area contributed by atoms with Gasteiger partial charge in [-0.15, -0.1) is 0 Å². The largest absolute Gasteiger partial charge is 0.378 e. The zero-order valence-corrected chi connectivity index (χ0v) is 20.0. The van der Waals surface area contributed by atoms with Crippen LogP contribution in [-0.2, 0) is 6.54 Å². The summed E-state index contributed by atoms with van der Waals surface area (Å²) in [5, 5.41) is 4.25. The van der Waals surface area contributed by atoms with Gasteiger partial charge in [0.05, 0.1) is 11.4 Å². The summed E-state index contributed by atoms with van der Waals surface area (Å²) in [6.45, 7) is 5.10. The predicted molar refractivity (Wildman–Crippen MR) is 138 cm³/mol. The minimum Gasteiger partial charge on any atom is -0.378 e. The van der Waals surface area contributed by atoms with E-state index in [1.54, 1.807) is 0 Å². The van der Waals surface area contributed by atoms with Crippen molar-refractivity contribution in [2.24, 2.45) is 0 Å². The van der Waals surface area contributed by atoms with E-state index in [4.69, 9.17) is 16.6 Å². The van der Waals surface area contributed by atoms with E-state index in [1.807, 2.05) is 12.1 Å². The SMILES string of the molecule is CN(C)c1ccc(-c2ccc3nc(-c4ccc(Cl)cc4)c(CN4CCCNCC4)n3c2)cc1. The first-order valence-electron chi connectivity index (χ1n) is 11.6. The van der Waals surface area contributed by atoms with Gasteiger partial charge in [-0.3, -0.25) is 4.90 Å². The Hall–Kier alpha value is -2.86. The molecule has 0 aliphatic carbocycles. The van der Waals surface area contributed by atoms with Crippen molar-refractivity contribution < 1.29 is 0 Å². The number of fused-ring (bicyclic) bond motifs is 1. The molecular formula is C27H30ClN5. The van der Waals surface area contributed by atoms with Crippen molar-refractivity contribution in [1.82, 2.24) is 19.6 Å². The van der Waals surface area contributed by atoms with Gasteiger partial charge >= 0.3 is 0 Å². The lowest BCUT2D eigenvalue weighted by atomic mass is 10.1. The second-order valence-corrected chi connectivity index (χ2v) is 9.32. The van der Waals surface area contributed by atoms with Gasteiger partial charge in [-0.1, -0.05) is 35.9 Å². The summed E-state index contributed by atoms with van der Waals surface area (Å²) in [7, 11) is 4.13. The highest BCUT2D eigenvalue weighted by Gasteiger charge is 2.19. The molecule has 0 spiro atoms. The molecule has 1 aliphatic rings. The average molecular weight is 460 g/mol. The van der Waals surface area contributed by atoms with Gasteiger partial charge in [-0.25, -0.2) is 4.98 Å². The first kappa shape index (κ1) is 22.0. The molecular weight excluding hydrogens is 430 g/mol. The van der Waals surface area contributed by atoms with Gasteiger partial charge in [0, 0.05) is 56.2 Å². The maximum absolute atomic E-state index is 6.17. The summed E-state index contributed by atoms with van der Waals surface area (Å²) in [5.74, 6) is 0. The summed E-state index contributed by atoms with van der Waals surface area (Å²) in [6.07, 6.45) is 3.40. The van der Waals surface area contributed by atoms with Crippen LogP contribution in [0.2, 0.25) is 5.02 Å². The third-order valence-corrected chi connectivity index (χ3v) is 6.61. The number of halogens is 1. The summed E-state index contributed by atoms with van der Waals surface area (Å²) in [4.78, 5) is 9.69. The Kier molecular flexibility index (Phi) is 6.36. The fourth-order valence-corrected chi connectivity index (χ4v) is 4.60. The van der Waals surface area contributed by atoms with Crippen LogP contribution < -0.4 is 10.2 Å². The quantitative estimate of drug-likeness (QED) is 0.446. The molecule has 6 heteroatoms. The Balaban J connectivity index is 1.59. The molecule has 3 heterocycles. The van der Waals surface area contributed by atoms with Crippen LogP contribution in [0.4, 0.5) is 5.69 Å². The number of nitrogens with one attached hydrogen (secondary N) is 1. The zero-order chi connectivity index (χ0) is 22.8. The van der Waals surface area contributed by atoms with Gasteiger partial charge in [0.2, 0.25) is 0 Å². The number of pyridine rings is 1. The van der Waals surface area contributed by atoms with Gasteiger partial charge in [0.1, 0.15) is 5.65 Å². The highest BCUT2D eigenvalue weighted by molar-refractivity contribution is 6.30. The average Bonchev–Trinajstić information content (AvgIpc) is 2.99. The summed E-state index contributed by atoms with van der Waals surface area (Å²) in [5.41, 5.74) is 7.91. The van der Waals surface area contributed by atoms with Crippen LogP contribution in [0.5, 0.6) is 0 Å². The Morgan fingerprint density at radius 3 is 2.36 bits per heavy atom. The first-order chi connectivity index (χ1) is 16.1. The Morgan fingerprint density at radius 2 is 1.61 bits per heavy atom. The van der Waals surface area contributed by atoms with Gasteiger partial charge in [0.15, 0.2) is 0 Å². The minimum atomic E-state index is 0.742. The number of benzene rings is 2. The van der Waals surface area contributed by atoms with E-state index in [9.17, 15) is 0 Å². The molecule has 2 aromatic heterocycles. The topological polar surface area (TPSA) is 35.8 Å². The van der Waals surface area contributed by atoms with Crippen molar-refractivity contribution in [3.8, 4) is 22.4 Å². The van der Waals surface area contributed by atoms with Crippen LogP contribution >= 0.6 is 11.6 Å². The monoisotopic (exact) mass is 459 g/mol. The van der Waals surface area contributed by atoms with Gasteiger partial charge in [0.25, 0.3) is 0 Å². The fraction of sp³-hybridized carbons (Fsp3) is 0.296. The molecule has 0 unspecified atom stereocenters. The molecule has 0 saturated carbocycles. The van der Waals surface area contributed by atoms with Crippen molar-refractivity contribution in [3.05, 3.63) is 77.6 Å². The third kappa shape index (κ3) is 4.76. The highest BCUT2D eigenvalue weighted by atomic mass is 35.5. The van der Waals surface area contributed by atoms with Crippen LogP contribution in [0.1, 0.15) is 12.1 Å². The lowest BCUT2D eigenvalue weighted by Gasteiger charge is -2.20. The Morgan fingerprint density at radius 1 is 0.879 bits per heavy atom. The summed E-state index contributed by atoms with van der Waals surface area (Å²) in [6, 6.07) is 21.0. The van der Waals surface area contributed by atoms with Gasteiger partial charge < -0.3 is 14.6 Å². The van der Waals surface area contributed by atoms with Crippen LogP contribution in [0.25, 0.3) is 28.0 Å². The molecule has 33 heavy (non-hydrogen) atoms. The van der Waals surface area contributed by atoms with Crippen molar-refractivity contribution in [2.45, 2.75) is 13.0 Å². The number of anilines is 1. The molecule has 1 fully saturated rings. The smallest absolute Gasteiger partial charge is 0.137 e. The first-order valence-corrected chi connectivity index (χ1v) is 11.9. The molecule has 1 N–H and O–H groups in total. The zero-order valence-electron chi connectivity index (χ0n) is 19.3. The van der Waals surface area contributed by atoms with Crippen molar-refractivity contribution in [2.75, 3.05) is 45.2 Å². The maximum Gasteiger partial charge on any atom is 0.137 e. The minimum absolute atomic E-state index is 0.742. The molecule has 0 amide bonds. The molecule has 0 atom stereocenters. The van der Waals surface area contributed by atoms with Crippen molar-refractivity contribution in [3.63, 3.8) is 0 Å². The second-order valence-electron chi connectivity index (χ2n) is 8.88. The number of hydrogen-bond donors (Lipinski definition) is 1. The summed E-state index contributed by atoms with van der Waals surface area (Å²) < 4.78 is 2.28. The van der Waals surface area contributed by atoms with Crippen LogP contribution in [-0.4, -0.2) is 54.6 Å². The normalized spacial score (nSPS) is 15.0. The number of aromatic nitrogens is 2. The predicted octanol–water partition coefficient (Wildman–Crippen LogP) is 5.18. The van der Waals surface area contributed by atoms with Crippen LogP contribution in [0.3, 0.4) is 0 Å². The molecule has 1 aliphatic heterocycles. The molecule has 5 nitrogen and oxygen atoms in total. The van der Waals surface area contributed by atoms with Crippen LogP contribution in [0.15, 0.2) is 66.9 Å². The summed E-state index contributed by atoms with van der Waals surface area (Å²) >= 11 is 6.17. The standard InChI is InChI=1S/C27H30ClN5/c1-31(2)24-11-6-20(7-12-24)22-8-13-26-30-27(21-4-9-23(28)10-5-21)25(33(26)18-22)19-32-16-3-14-29-15-17-32/h4-13,18,29H,3,14-17,19H2,1-2H3. The van der Waals surface area contributed by atoms with Gasteiger partial charge in [-0.05, 0) is 67.0 Å². The molecule has 0 radical (unpaired) electrons. The van der Waals surface area contributed by atoms with E-state index in [1.165, 1.54) is 22.5 Å². The molecule has 4 aromatic rings. The van der Waals surface area contributed by atoms with E-state index in [-0.39, 0.29) is 0 Å². The van der Waals surface area contributed by atoms with E-state index in [0.29, 0.717) is 0 Å². The molecule has 1 saturated heterocycles. The molecule has 2 aromatic carbocycles. The van der Waals surface area contributed by atoms with E-state index in [2.05, 4.69) is 88.3 Å². The lowest BCUT2D eigenvalue weighted by molar-refractivity contribution is 0.281. The molecule has 170 valence electrons. The number of rotatable bonds is 5. The van der Waals surface area contributed by atoms with E-state index in [0.717, 1.165) is 61.1 Å². The Labute approximate surface area is 200 Å². The number of hydrogen-bond acceptors (Lipinski definition) is 4. The van der Waals surface area contributed by atoms with Gasteiger partial charge in [-0.2, -0.15) is 0 Å².